The van der Waals surface area contributed by atoms with Crippen LogP contribution in [0.5, 0.6) is 5.75 Å². The van der Waals surface area contributed by atoms with E-state index in [1.54, 1.807) is 35.2 Å². The van der Waals surface area contributed by atoms with Gasteiger partial charge in [0.05, 0.1) is 23.5 Å². The van der Waals surface area contributed by atoms with E-state index in [9.17, 15) is 19.4 Å². The van der Waals surface area contributed by atoms with Crippen LogP contribution in [-0.4, -0.2) is 120 Å². The van der Waals surface area contributed by atoms with E-state index < -0.39 is 23.8 Å². The Morgan fingerprint density at radius 2 is 1.53 bits per heavy atom. The van der Waals surface area contributed by atoms with Crippen LogP contribution < -0.4 is 20.9 Å². The maximum Gasteiger partial charge on any atom is 0.234 e. The second-order valence-electron chi connectivity index (χ2n) is 22.5. The number of benzene rings is 3. The predicted octanol–water partition coefficient (Wildman–Crippen LogP) is 8.94. The number of para-hydroxylation sites is 1. The molecule has 3 aromatic heterocycles. The molecule has 77 heavy (non-hydrogen) atoms. The van der Waals surface area contributed by atoms with Crippen LogP contribution >= 0.6 is 11.6 Å². The average Bonchev–Trinajstić information content (AvgIpc) is 4.26. The summed E-state index contributed by atoms with van der Waals surface area (Å²) in [6, 6.07) is 23.5. The molecule has 6 aliphatic rings. The number of piperidine rings is 1. The van der Waals surface area contributed by atoms with Crippen LogP contribution in [0.4, 0.5) is 21.8 Å². The molecule has 19 heteroatoms. The molecule has 1 saturated carbocycles. The number of likely N-dealkylation sites (tertiary alicyclic amines) is 2. The molecule has 2 bridgehead atoms. The molecule has 1 amide bonds. The number of aromatic nitrogens is 5. The highest BCUT2D eigenvalue weighted by molar-refractivity contribution is 6.32. The maximum atomic E-state index is 14.7. The summed E-state index contributed by atoms with van der Waals surface area (Å²) in [5.74, 6) is 1.21. The van der Waals surface area contributed by atoms with Gasteiger partial charge in [0.1, 0.15) is 28.2 Å². The number of fused-ring (bicyclic) bond motifs is 2. The van der Waals surface area contributed by atoms with Crippen molar-refractivity contribution in [3.8, 4) is 28.1 Å². The molecule has 1 aliphatic carbocycles. The summed E-state index contributed by atoms with van der Waals surface area (Å²) >= 11 is 7.20. The monoisotopic (exact) mass is 1060 g/mol. The Balaban J connectivity index is 0.634. The lowest BCUT2D eigenvalue weighted by Gasteiger charge is -2.42. The van der Waals surface area contributed by atoms with Gasteiger partial charge in [-0.3, -0.25) is 4.79 Å². The van der Waals surface area contributed by atoms with Gasteiger partial charge in [-0.2, -0.15) is 0 Å². The first kappa shape index (κ1) is 50.9. The Labute approximate surface area is 452 Å². The molecule has 3 aromatic carbocycles. The van der Waals surface area contributed by atoms with Crippen LogP contribution in [0.2, 0.25) is 5.02 Å². The number of piperazine rings is 1. The zero-order valence-electron chi connectivity index (χ0n) is 43.7. The number of β-amino-alcohol motifs (C(OH)–C–C–N with tert-alkyl or cyclic N) is 1. The average molecular weight is 1070 g/mol. The molecular weight excluding hydrogens is 999 g/mol. The van der Waals surface area contributed by atoms with E-state index in [4.69, 9.17) is 36.7 Å². The molecule has 6 atom stereocenters. The number of nitrogen functional groups attached to an aromatic ring is 1. The standard InChI is InChI=1S/C58H66ClFN12O5/c1-33(2)50(56(75)71-32-42(73)26-48(71)55-64-58(3,77-68-55)38-16-12-35(13-17-38)43-8-4-6-10-45(43)60)53-51(59)52(67-76-53)36-14-18-39(19-15-36)69-24-22-34(23-25-69)37-28-62-57(63-29-37)72-40-20-21-41(72)31-70(30-40)47-27-46(65-66-54(47)61)44-9-5-7-11-49(44)74/h4-13,16-17,27-29,33-34,36,39-42,48,50,73-74H,14-15,18-26,30-32H2,1-3H3,(H2,61,66)(H,64,68)/t36-,39-,40?,41?,42-,48+,50-,58+/m1/s1. The number of phenols is 1. The van der Waals surface area contributed by atoms with Crippen LogP contribution in [0.1, 0.15) is 119 Å². The minimum absolute atomic E-state index is 0.119. The Kier molecular flexibility index (Phi) is 13.8. The summed E-state index contributed by atoms with van der Waals surface area (Å²) in [6.45, 7) is 9.48. The molecular formula is C58H66ClFN12O5. The van der Waals surface area contributed by atoms with E-state index in [0.29, 0.717) is 51.2 Å². The van der Waals surface area contributed by atoms with E-state index >= 15 is 0 Å². The number of nitrogens with two attached hydrogens (primary N) is 1. The van der Waals surface area contributed by atoms with Crippen molar-refractivity contribution >= 4 is 40.8 Å². The highest BCUT2D eigenvalue weighted by Gasteiger charge is 2.48. The Morgan fingerprint density at radius 3 is 2.22 bits per heavy atom. The van der Waals surface area contributed by atoms with Crippen molar-refractivity contribution in [1.82, 2.24) is 40.4 Å². The molecule has 402 valence electrons. The van der Waals surface area contributed by atoms with Crippen molar-refractivity contribution < 1.29 is 28.8 Å². The van der Waals surface area contributed by atoms with Gasteiger partial charge in [0.2, 0.25) is 17.6 Å². The number of aliphatic hydroxyl groups is 1. The molecule has 5 N–H and O–H groups in total. The van der Waals surface area contributed by atoms with Crippen LogP contribution in [-0.2, 0) is 15.4 Å². The number of amidine groups is 1. The molecule has 5 aliphatic heterocycles. The third-order valence-electron chi connectivity index (χ3n) is 17.4. The van der Waals surface area contributed by atoms with Gasteiger partial charge in [0, 0.05) is 86.1 Å². The number of amides is 1. The Bertz CT molecular complexity index is 3130. The zero-order chi connectivity index (χ0) is 53.1. The van der Waals surface area contributed by atoms with Gasteiger partial charge in [0.15, 0.2) is 17.4 Å². The van der Waals surface area contributed by atoms with E-state index in [1.165, 1.54) is 11.6 Å². The quantitative estimate of drug-likeness (QED) is 0.0902. The van der Waals surface area contributed by atoms with Crippen molar-refractivity contribution in [1.29, 1.82) is 0 Å². The smallest absolute Gasteiger partial charge is 0.234 e. The first-order valence-electron chi connectivity index (χ1n) is 27.3. The summed E-state index contributed by atoms with van der Waals surface area (Å²) in [7, 11) is 0. The fourth-order valence-electron chi connectivity index (χ4n) is 13.2. The number of aromatic hydroxyl groups is 1. The van der Waals surface area contributed by atoms with Crippen LogP contribution in [0.25, 0.3) is 22.4 Å². The van der Waals surface area contributed by atoms with E-state index in [2.05, 4.69) is 52.9 Å². The van der Waals surface area contributed by atoms with E-state index in [-0.39, 0.29) is 54.4 Å². The number of phenolic OH excluding ortho intramolecular Hbond substituents is 1. The first-order valence-corrected chi connectivity index (χ1v) is 27.7. The van der Waals surface area contributed by atoms with E-state index in [1.807, 2.05) is 63.2 Å². The zero-order valence-corrected chi connectivity index (χ0v) is 44.4. The summed E-state index contributed by atoms with van der Waals surface area (Å²) < 4.78 is 20.6. The number of halogens is 2. The molecule has 5 fully saturated rings. The second-order valence-corrected chi connectivity index (χ2v) is 22.9. The van der Waals surface area contributed by atoms with Gasteiger partial charge in [-0.25, -0.2) is 14.4 Å². The van der Waals surface area contributed by atoms with Gasteiger partial charge in [-0.1, -0.05) is 90.4 Å². The normalized spacial score (nSPS) is 26.2. The lowest BCUT2D eigenvalue weighted by molar-refractivity contribution is -0.134. The third kappa shape index (κ3) is 9.70. The SMILES string of the molecule is CC(C)[C@@H](C(=O)N1C[C@H](O)C[C@H]1C1=NO[C@@](C)(c2ccc(-c3ccccc3F)cc2)N1)c1onc([C@H]2CC[C@H](N3CCC(c4cnc(N5C6CCC5CN(c5cc(-c7ccccc7O)nnc5N)C6)nc4)CC3)CC2)c1Cl. The van der Waals surface area contributed by atoms with Gasteiger partial charge in [0.25, 0.3) is 0 Å². The minimum atomic E-state index is -1.05. The molecule has 0 radical (unpaired) electrons. The third-order valence-corrected chi connectivity index (χ3v) is 17.8. The molecule has 12 rings (SSSR count). The number of carbonyl (C=O) groups is 1. The largest absolute Gasteiger partial charge is 0.507 e. The summed E-state index contributed by atoms with van der Waals surface area (Å²) in [5.41, 5.74) is 11.3. The topological polar surface area (TPSA) is 208 Å². The highest BCUT2D eigenvalue weighted by Crippen LogP contribution is 2.45. The number of carbonyl (C=O) groups excluding carboxylic acids is 1. The number of nitrogens with zero attached hydrogens (tertiary/aromatic N) is 10. The fourth-order valence-corrected chi connectivity index (χ4v) is 13.5. The van der Waals surface area contributed by atoms with Crippen molar-refractivity contribution in [3.63, 3.8) is 0 Å². The van der Waals surface area contributed by atoms with Gasteiger partial charge < -0.3 is 50.2 Å². The maximum absolute atomic E-state index is 14.7. The van der Waals surface area contributed by atoms with Crippen LogP contribution in [0.15, 0.2) is 101 Å². The summed E-state index contributed by atoms with van der Waals surface area (Å²) in [6.07, 6.45) is 11.7. The number of hydrogen-bond acceptors (Lipinski definition) is 16. The number of anilines is 3. The van der Waals surface area contributed by atoms with Crippen LogP contribution in [0.3, 0.4) is 0 Å². The lowest BCUT2D eigenvalue weighted by Crippen LogP contribution is -2.54. The van der Waals surface area contributed by atoms with Crippen molar-refractivity contribution in [2.24, 2.45) is 11.1 Å². The van der Waals surface area contributed by atoms with Gasteiger partial charge in [-0.15, -0.1) is 10.2 Å². The Hall–Kier alpha value is -6.89. The number of oxime groups is 1. The molecule has 17 nitrogen and oxygen atoms in total. The van der Waals surface area contributed by atoms with E-state index in [0.717, 1.165) is 106 Å². The Morgan fingerprint density at radius 1 is 0.857 bits per heavy atom. The summed E-state index contributed by atoms with van der Waals surface area (Å²) in [4.78, 5) is 39.7. The number of hydrogen-bond donors (Lipinski definition) is 4. The molecule has 6 aromatic rings. The highest BCUT2D eigenvalue weighted by atomic mass is 35.5. The van der Waals surface area contributed by atoms with Gasteiger partial charge >= 0.3 is 0 Å². The van der Waals surface area contributed by atoms with Crippen LogP contribution in [0, 0.1) is 11.7 Å². The molecule has 0 spiro atoms. The second kappa shape index (κ2) is 20.8. The van der Waals surface area contributed by atoms with Crippen molar-refractivity contribution in [2.45, 2.75) is 132 Å². The first-order chi connectivity index (χ1) is 37.3. The minimum Gasteiger partial charge on any atom is -0.507 e. The molecule has 2 unspecified atom stereocenters. The number of aliphatic hydroxyl groups excluding tert-OH is 1. The van der Waals surface area contributed by atoms with Crippen molar-refractivity contribution in [2.75, 3.05) is 48.3 Å². The van der Waals surface area contributed by atoms with Crippen molar-refractivity contribution in [3.05, 3.63) is 125 Å². The number of nitrogens with one attached hydrogen (secondary N) is 1. The lowest BCUT2D eigenvalue weighted by atomic mass is 9.81. The van der Waals surface area contributed by atoms with Gasteiger partial charge in [-0.05, 0) is 112 Å². The molecule has 8 heterocycles. The fraction of sp³-hybridized carbons (Fsp3) is 0.466. The number of rotatable bonds is 12. The molecule has 4 saturated heterocycles. The summed E-state index contributed by atoms with van der Waals surface area (Å²) in [5, 5.41) is 42.8. The predicted molar refractivity (Wildman–Crippen MR) is 292 cm³/mol.